The number of rotatable bonds is 6. The fourth-order valence-electron chi connectivity index (χ4n) is 3.60. The number of carbonyl (C=O) groups is 2. The van der Waals surface area contributed by atoms with Crippen molar-refractivity contribution >= 4 is 11.8 Å². The van der Waals surface area contributed by atoms with Crippen molar-refractivity contribution in [2.45, 2.75) is 37.5 Å². The Bertz CT molecular complexity index is 641. The molecule has 3 rings (SSSR count). The van der Waals surface area contributed by atoms with Crippen LogP contribution in [-0.2, 0) is 15.0 Å². The van der Waals surface area contributed by atoms with Crippen LogP contribution in [0.4, 0.5) is 0 Å². The molecule has 1 aromatic carbocycles. The van der Waals surface area contributed by atoms with Crippen LogP contribution in [0.1, 0.15) is 37.7 Å². The Kier molecular flexibility index (Phi) is 5.43. The Balaban J connectivity index is 1.69. The van der Waals surface area contributed by atoms with Crippen LogP contribution in [0, 0.1) is 0 Å². The van der Waals surface area contributed by atoms with E-state index in [2.05, 4.69) is 16.7 Å². The van der Waals surface area contributed by atoms with Crippen LogP contribution in [0.5, 0.6) is 11.5 Å². The van der Waals surface area contributed by atoms with E-state index in [1.807, 2.05) is 12.1 Å². The van der Waals surface area contributed by atoms with Crippen LogP contribution >= 0.6 is 0 Å². The van der Waals surface area contributed by atoms with Crippen LogP contribution < -0.4 is 25.8 Å². The topological polar surface area (TPSA) is 103 Å². The van der Waals surface area contributed by atoms with Gasteiger partial charge in [0.1, 0.15) is 0 Å². The number of hydrogen-bond acceptors (Lipinski definition) is 5. The van der Waals surface area contributed by atoms with Crippen LogP contribution in [0.3, 0.4) is 0 Å². The molecule has 7 nitrogen and oxygen atoms in total. The van der Waals surface area contributed by atoms with E-state index in [0.29, 0.717) is 6.54 Å². The number of amides is 2. The highest BCUT2D eigenvalue weighted by atomic mass is 16.7. The number of hydrogen-bond donors (Lipinski definition) is 3. The third-order valence-corrected chi connectivity index (χ3v) is 5.05. The monoisotopic (exact) mass is 347 g/mol. The fourth-order valence-corrected chi connectivity index (χ4v) is 3.60. The summed E-state index contributed by atoms with van der Waals surface area (Å²) in [6.45, 7) is 0.634. The molecule has 1 aliphatic carbocycles. The molecule has 136 valence electrons. The number of ether oxygens (including phenoxy) is 2. The smallest absolute Gasteiger partial charge is 0.239 e. The van der Waals surface area contributed by atoms with Crippen molar-refractivity contribution in [3.8, 4) is 11.5 Å². The SMILES string of the molecule is NCC(=O)NCC(=O)NCC1(c2ccc3c(c2)OCO3)CCCCC1. The largest absolute Gasteiger partial charge is 0.454 e. The van der Waals surface area contributed by atoms with Gasteiger partial charge in [-0.25, -0.2) is 0 Å². The quantitative estimate of drug-likeness (QED) is 0.707. The third-order valence-electron chi connectivity index (χ3n) is 5.05. The predicted octanol–water partition coefficient (Wildman–Crippen LogP) is 0.808. The Morgan fingerprint density at radius 3 is 2.56 bits per heavy atom. The van der Waals surface area contributed by atoms with Crippen LogP contribution in [0.2, 0.25) is 0 Å². The summed E-state index contributed by atoms with van der Waals surface area (Å²) in [5.74, 6) is 0.998. The van der Waals surface area contributed by atoms with Gasteiger partial charge >= 0.3 is 0 Å². The summed E-state index contributed by atoms with van der Waals surface area (Å²) in [5, 5.41) is 5.47. The van der Waals surface area contributed by atoms with Gasteiger partial charge in [0.25, 0.3) is 0 Å². The first-order chi connectivity index (χ1) is 12.1. The maximum atomic E-state index is 12.1. The molecule has 0 saturated heterocycles. The van der Waals surface area contributed by atoms with Crippen molar-refractivity contribution in [1.82, 2.24) is 10.6 Å². The van der Waals surface area contributed by atoms with Gasteiger partial charge in [0.05, 0.1) is 13.1 Å². The molecule has 0 unspecified atom stereocenters. The standard InChI is InChI=1S/C18H25N3O4/c19-9-16(22)20-10-17(23)21-11-18(6-2-1-3-7-18)13-4-5-14-15(8-13)25-12-24-14/h4-5,8H,1-3,6-7,9-12,19H2,(H,20,22)(H,21,23). The average molecular weight is 347 g/mol. The zero-order valence-corrected chi connectivity index (χ0v) is 14.3. The first kappa shape index (κ1) is 17.5. The highest BCUT2D eigenvalue weighted by Gasteiger charge is 2.35. The Labute approximate surface area is 147 Å². The summed E-state index contributed by atoms with van der Waals surface area (Å²) in [6.07, 6.45) is 5.51. The molecule has 2 aliphatic rings. The number of carbonyl (C=O) groups excluding carboxylic acids is 2. The molecule has 1 saturated carbocycles. The second-order valence-corrected chi connectivity index (χ2v) is 6.67. The third kappa shape index (κ3) is 4.04. The molecule has 1 fully saturated rings. The van der Waals surface area contributed by atoms with E-state index in [9.17, 15) is 9.59 Å². The molecule has 0 aromatic heterocycles. The summed E-state index contributed by atoms with van der Waals surface area (Å²) >= 11 is 0. The average Bonchev–Trinajstić information content (AvgIpc) is 3.13. The molecule has 1 aromatic rings. The van der Waals surface area contributed by atoms with Crippen molar-refractivity contribution in [3.63, 3.8) is 0 Å². The van der Waals surface area contributed by atoms with Gasteiger partial charge < -0.3 is 25.8 Å². The Morgan fingerprint density at radius 1 is 1.04 bits per heavy atom. The number of nitrogens with two attached hydrogens (primary N) is 1. The molecule has 0 radical (unpaired) electrons. The van der Waals surface area contributed by atoms with E-state index < -0.39 is 0 Å². The maximum Gasteiger partial charge on any atom is 0.239 e. The van der Waals surface area contributed by atoms with Gasteiger partial charge in [-0.3, -0.25) is 9.59 Å². The van der Waals surface area contributed by atoms with Gasteiger partial charge in [0.2, 0.25) is 18.6 Å². The Hall–Kier alpha value is -2.28. The fraction of sp³-hybridized carbons (Fsp3) is 0.556. The van der Waals surface area contributed by atoms with E-state index >= 15 is 0 Å². The second-order valence-electron chi connectivity index (χ2n) is 6.67. The van der Waals surface area contributed by atoms with Crippen molar-refractivity contribution < 1.29 is 19.1 Å². The second kappa shape index (κ2) is 7.74. The number of benzene rings is 1. The van der Waals surface area contributed by atoms with E-state index in [0.717, 1.165) is 37.2 Å². The van der Waals surface area contributed by atoms with E-state index in [1.54, 1.807) is 0 Å². The summed E-state index contributed by atoms with van der Waals surface area (Å²) in [4.78, 5) is 23.2. The maximum absolute atomic E-state index is 12.1. The molecule has 0 atom stereocenters. The summed E-state index contributed by atoms with van der Waals surface area (Å²) in [7, 11) is 0. The lowest BCUT2D eigenvalue weighted by Gasteiger charge is -2.38. The van der Waals surface area contributed by atoms with E-state index in [4.69, 9.17) is 15.2 Å². The number of fused-ring (bicyclic) bond motifs is 1. The normalized spacial score (nSPS) is 17.8. The molecule has 1 heterocycles. The first-order valence-electron chi connectivity index (χ1n) is 8.77. The van der Waals surface area contributed by atoms with Crippen LogP contribution in [0.25, 0.3) is 0 Å². The highest BCUT2D eigenvalue weighted by molar-refractivity contribution is 5.85. The molecule has 0 spiro atoms. The van der Waals surface area contributed by atoms with Crippen LogP contribution in [0.15, 0.2) is 18.2 Å². The minimum Gasteiger partial charge on any atom is -0.454 e. The summed E-state index contributed by atoms with van der Waals surface area (Å²) < 4.78 is 10.9. The van der Waals surface area contributed by atoms with Crippen LogP contribution in [-0.4, -0.2) is 38.2 Å². The minimum atomic E-state index is -0.335. The predicted molar refractivity (Wildman–Crippen MR) is 92.4 cm³/mol. The highest BCUT2D eigenvalue weighted by Crippen LogP contribution is 2.43. The van der Waals surface area contributed by atoms with Gasteiger partial charge in [-0.2, -0.15) is 0 Å². The van der Waals surface area contributed by atoms with Crippen molar-refractivity contribution in [2.75, 3.05) is 26.4 Å². The van der Waals surface area contributed by atoms with Crippen molar-refractivity contribution in [3.05, 3.63) is 23.8 Å². The lowest BCUT2D eigenvalue weighted by molar-refractivity contribution is -0.125. The lowest BCUT2D eigenvalue weighted by Crippen LogP contribution is -2.46. The van der Waals surface area contributed by atoms with Gasteiger partial charge in [-0.1, -0.05) is 25.3 Å². The molecule has 1 aliphatic heterocycles. The zero-order valence-electron chi connectivity index (χ0n) is 14.3. The molecular weight excluding hydrogens is 322 g/mol. The van der Waals surface area contributed by atoms with Gasteiger partial charge in [0, 0.05) is 12.0 Å². The number of nitrogens with one attached hydrogen (secondary N) is 2. The lowest BCUT2D eigenvalue weighted by atomic mass is 9.69. The minimum absolute atomic E-state index is 0.0484. The van der Waals surface area contributed by atoms with Gasteiger partial charge in [-0.15, -0.1) is 0 Å². The summed E-state index contributed by atoms with van der Waals surface area (Å²) in [5.41, 5.74) is 6.29. The molecule has 25 heavy (non-hydrogen) atoms. The Morgan fingerprint density at radius 2 is 1.80 bits per heavy atom. The van der Waals surface area contributed by atoms with Crippen molar-refractivity contribution in [2.24, 2.45) is 5.73 Å². The van der Waals surface area contributed by atoms with E-state index in [1.165, 1.54) is 12.0 Å². The van der Waals surface area contributed by atoms with E-state index in [-0.39, 0.29) is 37.1 Å². The molecule has 2 amide bonds. The van der Waals surface area contributed by atoms with Gasteiger partial charge in [0.15, 0.2) is 11.5 Å². The zero-order chi connectivity index (χ0) is 17.7. The molecule has 0 bridgehead atoms. The molecule has 4 N–H and O–H groups in total. The molecule has 7 heteroatoms. The van der Waals surface area contributed by atoms with Crippen molar-refractivity contribution in [1.29, 1.82) is 0 Å². The molecular formula is C18H25N3O4. The first-order valence-corrected chi connectivity index (χ1v) is 8.77. The summed E-state index contributed by atoms with van der Waals surface area (Å²) in [6, 6.07) is 6.05. The van der Waals surface area contributed by atoms with Gasteiger partial charge in [-0.05, 0) is 30.5 Å².